The molecule has 0 spiro atoms. The molecule has 0 amide bonds. The molecule has 8 nitrogen and oxygen atoms in total. The number of nitrogens with zero attached hydrogens (tertiary/aromatic N) is 4. The van der Waals surface area contributed by atoms with E-state index in [2.05, 4.69) is 5.10 Å². The van der Waals surface area contributed by atoms with Crippen molar-refractivity contribution >= 4 is 34.6 Å². The molecule has 0 bridgehead atoms. The molecule has 0 unspecified atom stereocenters. The molecule has 2 aromatic carbocycles. The van der Waals surface area contributed by atoms with Crippen LogP contribution in [-0.2, 0) is 0 Å². The van der Waals surface area contributed by atoms with E-state index < -0.39 is 17.2 Å². The lowest BCUT2D eigenvalue weighted by Crippen LogP contribution is -2.25. The number of nitrogens with two attached hydrogens (primary N) is 1. The van der Waals surface area contributed by atoms with Gasteiger partial charge in [-0.25, -0.2) is 9.36 Å². The van der Waals surface area contributed by atoms with Gasteiger partial charge in [0.2, 0.25) is 0 Å². The topological polar surface area (TPSA) is 109 Å². The van der Waals surface area contributed by atoms with Crippen molar-refractivity contribution in [2.75, 3.05) is 5.73 Å². The van der Waals surface area contributed by atoms with Gasteiger partial charge in [-0.1, -0.05) is 23.2 Å². The van der Waals surface area contributed by atoms with Crippen LogP contribution in [0.25, 0.3) is 16.8 Å². The maximum absolute atomic E-state index is 13.1. The average molecular weight is 430 g/mol. The molecule has 12 heteroatoms. The summed E-state index contributed by atoms with van der Waals surface area (Å²) < 4.78 is 27.1. The highest BCUT2D eigenvalue weighted by Crippen LogP contribution is 2.40. The lowest BCUT2D eigenvalue weighted by atomic mass is 10.0. The normalized spacial score (nSPS) is 11.2. The van der Waals surface area contributed by atoms with Crippen molar-refractivity contribution in [1.29, 1.82) is 0 Å². The predicted octanol–water partition coefficient (Wildman–Crippen LogP) is 4.20. The highest BCUT2D eigenvalue weighted by atomic mass is 35.5. The molecule has 0 aliphatic carbocycles. The molecule has 2 N–H and O–H groups in total. The third-order valence-corrected chi connectivity index (χ3v) is 4.81. The molecule has 0 fully saturated rings. The van der Waals surface area contributed by atoms with Gasteiger partial charge >= 0.3 is 12.2 Å². The van der Waals surface area contributed by atoms with Crippen molar-refractivity contribution in [1.82, 2.24) is 14.3 Å². The number of aryl methyl sites for hydroxylation is 1. The molecular formula is C16H11Cl2F2N5O3. The summed E-state index contributed by atoms with van der Waals surface area (Å²) in [6, 6.07) is 6.74. The molecule has 0 aliphatic heterocycles. The number of benzene rings is 2. The number of hydrogen-bond acceptors (Lipinski definition) is 5. The van der Waals surface area contributed by atoms with Crippen molar-refractivity contribution in [3.05, 3.63) is 66.8 Å². The van der Waals surface area contributed by atoms with Crippen LogP contribution in [0.2, 0.25) is 10.0 Å². The number of rotatable bonds is 4. The average Bonchev–Trinajstić information content (AvgIpc) is 2.94. The fourth-order valence-corrected chi connectivity index (χ4v) is 3.16. The van der Waals surface area contributed by atoms with Crippen molar-refractivity contribution in [3.8, 4) is 16.8 Å². The monoisotopic (exact) mass is 429 g/mol. The van der Waals surface area contributed by atoms with Gasteiger partial charge in [0.05, 0.1) is 26.3 Å². The van der Waals surface area contributed by atoms with Crippen LogP contribution in [-0.4, -0.2) is 19.3 Å². The quantitative estimate of drug-likeness (QED) is 0.379. The van der Waals surface area contributed by atoms with E-state index in [1.54, 1.807) is 0 Å². The molecule has 1 aromatic heterocycles. The minimum atomic E-state index is -3.08. The fourth-order valence-electron chi connectivity index (χ4n) is 2.63. The number of alkyl halides is 2. The molecule has 146 valence electrons. The minimum Gasteiger partial charge on any atom is -0.396 e. The molecule has 3 rings (SSSR count). The second kappa shape index (κ2) is 7.21. The highest BCUT2D eigenvalue weighted by Gasteiger charge is 2.23. The Morgan fingerprint density at radius 3 is 2.32 bits per heavy atom. The summed E-state index contributed by atoms with van der Waals surface area (Å²) in [6.45, 7) is -1.84. The second-order valence-electron chi connectivity index (χ2n) is 5.68. The Labute approximate surface area is 165 Å². The van der Waals surface area contributed by atoms with E-state index in [4.69, 9.17) is 28.9 Å². The van der Waals surface area contributed by atoms with E-state index in [0.29, 0.717) is 15.8 Å². The Bertz CT molecular complexity index is 1140. The van der Waals surface area contributed by atoms with Crippen LogP contribution in [0.5, 0.6) is 0 Å². The summed E-state index contributed by atoms with van der Waals surface area (Å²) in [6.07, 6.45) is 0. The van der Waals surface area contributed by atoms with Gasteiger partial charge < -0.3 is 5.73 Å². The van der Waals surface area contributed by atoms with Crippen LogP contribution < -0.4 is 11.4 Å². The molecule has 0 atom stereocenters. The molecule has 1 heterocycles. The third kappa shape index (κ3) is 3.20. The summed E-state index contributed by atoms with van der Waals surface area (Å²) in [5, 5.41) is 14.5. The van der Waals surface area contributed by atoms with E-state index in [9.17, 15) is 23.7 Å². The maximum Gasteiger partial charge on any atom is 0.355 e. The Morgan fingerprint density at radius 2 is 1.82 bits per heavy atom. The predicted molar refractivity (Wildman–Crippen MR) is 100 cm³/mol. The first-order valence-corrected chi connectivity index (χ1v) is 8.38. The molecular weight excluding hydrogens is 419 g/mol. The van der Waals surface area contributed by atoms with E-state index in [1.165, 1.54) is 37.3 Å². The first-order valence-electron chi connectivity index (χ1n) is 7.62. The molecule has 0 aliphatic rings. The van der Waals surface area contributed by atoms with E-state index in [-0.39, 0.29) is 37.5 Å². The Kier molecular flexibility index (Phi) is 5.09. The van der Waals surface area contributed by atoms with Gasteiger partial charge in [0.15, 0.2) is 0 Å². The number of non-ortho nitro benzene ring substituents is 1. The first kappa shape index (κ1) is 19.8. The fraction of sp³-hybridized carbons (Fsp3) is 0.125. The molecule has 3 aromatic rings. The molecule has 28 heavy (non-hydrogen) atoms. The number of hydrogen-bond donors (Lipinski definition) is 1. The second-order valence-corrected chi connectivity index (χ2v) is 6.43. The zero-order valence-electron chi connectivity index (χ0n) is 14.1. The van der Waals surface area contributed by atoms with E-state index in [1.807, 2.05) is 0 Å². The number of aromatic nitrogens is 3. The Morgan fingerprint density at radius 1 is 1.21 bits per heavy atom. The van der Waals surface area contributed by atoms with Crippen LogP contribution in [0.3, 0.4) is 0 Å². The summed E-state index contributed by atoms with van der Waals surface area (Å²) >= 11 is 12.4. The Hall–Kier alpha value is -2.98. The lowest BCUT2D eigenvalue weighted by Gasteiger charge is -2.13. The molecule has 0 saturated heterocycles. The smallest absolute Gasteiger partial charge is 0.355 e. The van der Waals surface area contributed by atoms with Crippen LogP contribution in [0.15, 0.2) is 35.1 Å². The number of nitrogen functional groups attached to an aromatic ring is 1. The number of nitro benzene ring substituents is 1. The summed E-state index contributed by atoms with van der Waals surface area (Å²) in [7, 11) is 0. The number of halogens is 4. The van der Waals surface area contributed by atoms with Crippen LogP contribution >= 0.6 is 23.2 Å². The Balaban J connectivity index is 2.24. The third-order valence-electron chi connectivity index (χ3n) is 4.01. The van der Waals surface area contributed by atoms with Crippen LogP contribution in [0.1, 0.15) is 12.4 Å². The van der Waals surface area contributed by atoms with E-state index >= 15 is 0 Å². The van der Waals surface area contributed by atoms with Crippen molar-refractivity contribution < 1.29 is 13.7 Å². The van der Waals surface area contributed by atoms with Crippen molar-refractivity contribution in [3.63, 3.8) is 0 Å². The minimum absolute atomic E-state index is 0.0423. The lowest BCUT2D eigenvalue weighted by molar-refractivity contribution is -0.384. The SMILES string of the molecule is Cc1nn(-c2cc(-c3ccc([N+](=O)[O-])cc3)c(Cl)c(N)c2Cl)c(=O)n1C(F)F. The van der Waals surface area contributed by atoms with Gasteiger partial charge in [0.1, 0.15) is 5.82 Å². The largest absolute Gasteiger partial charge is 0.396 e. The first-order chi connectivity index (χ1) is 13.1. The summed E-state index contributed by atoms with van der Waals surface area (Å²) in [4.78, 5) is 22.6. The van der Waals surface area contributed by atoms with Gasteiger partial charge in [-0.3, -0.25) is 10.1 Å². The maximum atomic E-state index is 13.1. The van der Waals surface area contributed by atoms with Gasteiger partial charge in [-0.15, -0.1) is 5.10 Å². The van der Waals surface area contributed by atoms with Crippen LogP contribution in [0, 0.1) is 17.0 Å². The highest BCUT2D eigenvalue weighted by molar-refractivity contribution is 6.41. The zero-order valence-corrected chi connectivity index (χ0v) is 15.6. The van der Waals surface area contributed by atoms with Gasteiger partial charge in [0.25, 0.3) is 5.69 Å². The standard InChI is InChI=1S/C16H11Cl2F2N5O3/c1-7-22-24(16(26)23(7)15(19)20)11-6-10(12(17)14(21)13(11)18)8-2-4-9(5-3-8)25(27)28/h2-6,15H,21H2,1H3. The van der Waals surface area contributed by atoms with Crippen molar-refractivity contribution in [2.45, 2.75) is 13.5 Å². The van der Waals surface area contributed by atoms with Crippen LogP contribution in [0.4, 0.5) is 20.2 Å². The van der Waals surface area contributed by atoms with Gasteiger partial charge in [0, 0.05) is 17.7 Å². The van der Waals surface area contributed by atoms with Crippen molar-refractivity contribution in [2.24, 2.45) is 0 Å². The number of anilines is 1. The number of nitro groups is 1. The summed E-state index contributed by atoms with van der Waals surface area (Å²) in [5.74, 6) is -0.221. The molecule has 0 radical (unpaired) electrons. The van der Waals surface area contributed by atoms with Gasteiger partial charge in [-0.05, 0) is 30.7 Å². The zero-order chi connectivity index (χ0) is 20.7. The molecule has 0 saturated carbocycles. The summed E-state index contributed by atoms with van der Waals surface area (Å²) in [5.41, 5.74) is 5.28. The van der Waals surface area contributed by atoms with Gasteiger partial charge in [-0.2, -0.15) is 13.5 Å². The van der Waals surface area contributed by atoms with E-state index in [0.717, 1.165) is 0 Å².